The summed E-state index contributed by atoms with van der Waals surface area (Å²) >= 11 is 1.31. The van der Waals surface area contributed by atoms with Crippen molar-refractivity contribution in [3.8, 4) is 0 Å². The number of nitrogens with zero attached hydrogens (tertiary/aromatic N) is 2. The summed E-state index contributed by atoms with van der Waals surface area (Å²) in [5.74, 6) is -0.362. The van der Waals surface area contributed by atoms with Gasteiger partial charge in [0.15, 0.2) is 5.17 Å². The molecule has 7 heteroatoms. The number of amides is 1. The molecule has 0 unspecified atom stereocenters. The van der Waals surface area contributed by atoms with Gasteiger partial charge in [0.25, 0.3) is 11.6 Å². The van der Waals surface area contributed by atoms with Crippen molar-refractivity contribution in [2.24, 2.45) is 4.99 Å². The minimum absolute atomic E-state index is 0.0559. The highest BCUT2D eigenvalue weighted by Crippen LogP contribution is 2.14. The Kier molecular flexibility index (Phi) is 5.26. The van der Waals surface area contributed by atoms with E-state index in [1.165, 1.54) is 36.0 Å². The molecule has 1 amide bonds. The van der Waals surface area contributed by atoms with Crippen LogP contribution in [0.3, 0.4) is 0 Å². The lowest BCUT2D eigenvalue weighted by molar-refractivity contribution is -0.384. The van der Waals surface area contributed by atoms with Crippen LogP contribution in [-0.2, 0) is 0 Å². The predicted molar refractivity (Wildman–Crippen MR) is 87.6 cm³/mol. The Morgan fingerprint density at radius 1 is 1.14 bits per heavy atom. The maximum absolute atomic E-state index is 12.1. The molecular weight excluding hydrogens is 302 g/mol. The van der Waals surface area contributed by atoms with Crippen LogP contribution < -0.4 is 5.32 Å². The number of nitro benzene ring substituents is 1. The summed E-state index contributed by atoms with van der Waals surface area (Å²) in [6.45, 7) is 0. The summed E-state index contributed by atoms with van der Waals surface area (Å²) in [7, 11) is 0. The molecule has 0 spiro atoms. The Hall–Kier alpha value is -2.67. The molecule has 6 nitrogen and oxygen atoms in total. The average molecular weight is 315 g/mol. The lowest BCUT2D eigenvalue weighted by atomic mass is 10.2. The zero-order valence-corrected chi connectivity index (χ0v) is 12.5. The van der Waals surface area contributed by atoms with Gasteiger partial charge in [-0.2, -0.15) is 0 Å². The molecule has 0 radical (unpaired) electrons. The number of rotatable bonds is 3. The van der Waals surface area contributed by atoms with Crippen LogP contribution in [0.1, 0.15) is 10.4 Å². The molecular formula is C15H13N3O3S. The zero-order chi connectivity index (χ0) is 15.9. The fraction of sp³-hybridized carbons (Fsp3) is 0.0667. The molecule has 0 aliphatic heterocycles. The highest BCUT2D eigenvalue weighted by molar-refractivity contribution is 8.13. The Morgan fingerprint density at radius 2 is 1.77 bits per heavy atom. The van der Waals surface area contributed by atoms with E-state index in [4.69, 9.17) is 0 Å². The van der Waals surface area contributed by atoms with Crippen molar-refractivity contribution in [2.45, 2.75) is 0 Å². The fourth-order valence-electron chi connectivity index (χ4n) is 1.65. The predicted octanol–water partition coefficient (Wildman–Crippen LogP) is 3.38. The second-order valence-electron chi connectivity index (χ2n) is 4.21. The number of nitro groups is 1. The number of hydrogen-bond acceptors (Lipinski definition) is 5. The maximum Gasteiger partial charge on any atom is 0.269 e. The van der Waals surface area contributed by atoms with Crippen molar-refractivity contribution >= 4 is 34.2 Å². The van der Waals surface area contributed by atoms with Gasteiger partial charge in [-0.25, -0.2) is 4.99 Å². The van der Waals surface area contributed by atoms with E-state index in [2.05, 4.69) is 10.3 Å². The Bertz CT molecular complexity index is 700. The van der Waals surface area contributed by atoms with Crippen molar-refractivity contribution in [1.29, 1.82) is 0 Å². The smallest absolute Gasteiger partial charge is 0.269 e. The van der Waals surface area contributed by atoms with Gasteiger partial charge in [0.05, 0.1) is 10.6 Å². The topological polar surface area (TPSA) is 84.6 Å². The van der Waals surface area contributed by atoms with Crippen LogP contribution in [0.15, 0.2) is 59.6 Å². The second kappa shape index (κ2) is 7.37. The molecule has 2 aromatic rings. The van der Waals surface area contributed by atoms with E-state index in [1.54, 1.807) is 6.26 Å². The lowest BCUT2D eigenvalue weighted by Crippen LogP contribution is -2.28. The van der Waals surface area contributed by atoms with Crippen LogP contribution in [0.25, 0.3) is 0 Å². The third-order valence-electron chi connectivity index (χ3n) is 2.74. The van der Waals surface area contributed by atoms with Crippen molar-refractivity contribution in [3.63, 3.8) is 0 Å². The van der Waals surface area contributed by atoms with Gasteiger partial charge >= 0.3 is 0 Å². The number of non-ortho nitro benzene ring substituents is 1. The maximum atomic E-state index is 12.1. The standard InChI is InChI=1S/C15H13N3O3S/c1-22-15(16-12-5-3-2-4-6-12)17-14(19)11-7-9-13(10-8-11)18(20)21/h2-10H,1H3,(H,16,17,19). The molecule has 22 heavy (non-hydrogen) atoms. The molecule has 0 heterocycles. The van der Waals surface area contributed by atoms with E-state index < -0.39 is 4.92 Å². The molecule has 0 fully saturated rings. The number of hydrogen-bond donors (Lipinski definition) is 1. The van der Waals surface area contributed by atoms with Crippen LogP contribution in [0.2, 0.25) is 0 Å². The van der Waals surface area contributed by atoms with Crippen LogP contribution in [-0.4, -0.2) is 22.3 Å². The molecule has 1 N–H and O–H groups in total. The molecule has 0 atom stereocenters. The lowest BCUT2D eigenvalue weighted by Gasteiger charge is -2.06. The minimum Gasteiger partial charge on any atom is -0.301 e. The summed E-state index contributed by atoms with van der Waals surface area (Å²) in [4.78, 5) is 26.5. The van der Waals surface area contributed by atoms with Gasteiger partial charge in [-0.1, -0.05) is 30.0 Å². The molecule has 2 rings (SSSR count). The van der Waals surface area contributed by atoms with Gasteiger partial charge in [-0.05, 0) is 30.5 Å². The van der Waals surface area contributed by atoms with E-state index in [9.17, 15) is 14.9 Å². The quantitative estimate of drug-likeness (QED) is 0.407. The molecule has 0 saturated carbocycles. The number of carbonyl (C=O) groups excluding carboxylic acids is 1. The highest BCUT2D eigenvalue weighted by Gasteiger charge is 2.11. The summed E-state index contributed by atoms with van der Waals surface area (Å²) < 4.78 is 0. The van der Waals surface area contributed by atoms with Crippen LogP contribution in [0.5, 0.6) is 0 Å². The summed E-state index contributed by atoms with van der Waals surface area (Å²) in [6.07, 6.45) is 1.80. The van der Waals surface area contributed by atoms with E-state index in [-0.39, 0.29) is 11.6 Å². The summed E-state index contributed by atoms with van der Waals surface area (Å²) in [6, 6.07) is 14.7. The number of benzene rings is 2. The summed E-state index contributed by atoms with van der Waals surface area (Å²) in [5, 5.41) is 13.7. The molecule has 0 aromatic heterocycles. The first kappa shape index (κ1) is 15.7. The zero-order valence-electron chi connectivity index (χ0n) is 11.7. The number of amidine groups is 1. The van der Waals surface area contributed by atoms with Gasteiger partial charge in [-0.3, -0.25) is 14.9 Å². The number of aliphatic imine (C=N–C) groups is 1. The Labute approximate surface area is 131 Å². The van der Waals surface area contributed by atoms with E-state index in [1.807, 2.05) is 30.3 Å². The first-order chi connectivity index (χ1) is 10.6. The van der Waals surface area contributed by atoms with Gasteiger partial charge < -0.3 is 5.32 Å². The first-order valence-electron chi connectivity index (χ1n) is 6.33. The molecule has 0 aliphatic rings. The summed E-state index contributed by atoms with van der Waals surface area (Å²) in [5.41, 5.74) is 1.01. The van der Waals surface area contributed by atoms with Crippen LogP contribution >= 0.6 is 11.8 Å². The molecule has 2 aromatic carbocycles. The van der Waals surface area contributed by atoms with Gasteiger partial charge in [0.1, 0.15) is 0 Å². The largest absolute Gasteiger partial charge is 0.301 e. The number of para-hydroxylation sites is 1. The number of carbonyl (C=O) groups is 1. The first-order valence-corrected chi connectivity index (χ1v) is 7.56. The van der Waals surface area contributed by atoms with Gasteiger partial charge in [0.2, 0.25) is 0 Å². The van der Waals surface area contributed by atoms with E-state index in [0.717, 1.165) is 5.69 Å². The van der Waals surface area contributed by atoms with E-state index >= 15 is 0 Å². The normalized spacial score (nSPS) is 11.0. The third-order valence-corrected chi connectivity index (χ3v) is 3.32. The molecule has 0 bridgehead atoms. The van der Waals surface area contributed by atoms with Crippen molar-refractivity contribution in [1.82, 2.24) is 5.32 Å². The van der Waals surface area contributed by atoms with E-state index in [0.29, 0.717) is 10.7 Å². The number of thioether (sulfide) groups is 1. The minimum atomic E-state index is -0.508. The molecule has 112 valence electrons. The SMILES string of the molecule is CSC(=Nc1ccccc1)NC(=O)c1ccc([N+](=O)[O-])cc1. The van der Waals surface area contributed by atoms with Crippen molar-refractivity contribution in [3.05, 3.63) is 70.3 Å². The van der Waals surface area contributed by atoms with Crippen LogP contribution in [0.4, 0.5) is 11.4 Å². The molecule has 0 saturated heterocycles. The Balaban J connectivity index is 2.12. The average Bonchev–Trinajstić information content (AvgIpc) is 2.55. The fourth-order valence-corrected chi connectivity index (χ4v) is 2.04. The number of nitrogens with one attached hydrogen (secondary N) is 1. The van der Waals surface area contributed by atoms with Gasteiger partial charge in [0, 0.05) is 17.7 Å². The van der Waals surface area contributed by atoms with Crippen molar-refractivity contribution < 1.29 is 9.72 Å². The Morgan fingerprint density at radius 3 is 2.32 bits per heavy atom. The van der Waals surface area contributed by atoms with Crippen LogP contribution in [0, 0.1) is 10.1 Å². The van der Waals surface area contributed by atoms with Crippen molar-refractivity contribution in [2.75, 3.05) is 6.26 Å². The molecule has 0 aliphatic carbocycles. The monoisotopic (exact) mass is 315 g/mol. The third kappa shape index (κ3) is 4.16. The highest BCUT2D eigenvalue weighted by atomic mass is 32.2. The van der Waals surface area contributed by atoms with Gasteiger partial charge in [-0.15, -0.1) is 0 Å². The second-order valence-corrected chi connectivity index (χ2v) is 5.01.